The molecule has 0 aromatic carbocycles. The van der Waals surface area contributed by atoms with Crippen LogP contribution in [0.1, 0.15) is 46.5 Å². The molecule has 0 saturated carbocycles. The molecule has 0 aliphatic carbocycles. The quantitative estimate of drug-likeness (QED) is 0.645. The Morgan fingerprint density at radius 1 is 1.42 bits per heavy atom. The van der Waals surface area contributed by atoms with Crippen molar-refractivity contribution in [2.24, 2.45) is 5.41 Å². The second kappa shape index (κ2) is 3.75. The second-order valence-electron chi connectivity index (χ2n) is 4.54. The molecule has 1 saturated heterocycles. The van der Waals surface area contributed by atoms with Gasteiger partial charge in [0.25, 0.3) is 0 Å². The predicted octanol–water partition coefficient (Wildman–Crippen LogP) is 2.31. The molecule has 1 N–H and O–H groups in total. The van der Waals surface area contributed by atoms with Crippen molar-refractivity contribution in [2.45, 2.75) is 58.8 Å². The Morgan fingerprint density at radius 2 is 2.00 bits per heavy atom. The van der Waals surface area contributed by atoms with E-state index >= 15 is 0 Å². The van der Waals surface area contributed by atoms with Gasteiger partial charge >= 0.3 is 0 Å². The number of rotatable bonds is 5. The van der Waals surface area contributed by atoms with Crippen molar-refractivity contribution in [1.82, 2.24) is 0 Å². The smallest absolute Gasteiger partial charge is 0.181 e. The van der Waals surface area contributed by atoms with Gasteiger partial charge in [-0.25, -0.2) is 0 Å². The summed E-state index contributed by atoms with van der Waals surface area (Å²) in [6.07, 6.45) is 4.40. The molecule has 1 fully saturated rings. The van der Waals surface area contributed by atoms with Crippen molar-refractivity contribution in [3.63, 3.8) is 0 Å². The van der Waals surface area contributed by atoms with E-state index in [1.165, 1.54) is 19.3 Å². The number of unbranched alkanes of at least 4 members (excludes halogenated alkanes) is 1. The Labute approximate surface area is 74.9 Å². The largest absolute Gasteiger partial charge is 0.366 e. The van der Waals surface area contributed by atoms with Crippen LogP contribution in [0.3, 0.4) is 0 Å². The molecule has 12 heavy (non-hydrogen) atoms. The maximum atomic E-state index is 8.99. The lowest BCUT2D eigenvalue weighted by molar-refractivity contribution is 0.155. The summed E-state index contributed by atoms with van der Waals surface area (Å²) in [5.41, 5.74) is 0.332. The van der Waals surface area contributed by atoms with Crippen molar-refractivity contribution in [3.05, 3.63) is 0 Å². The lowest BCUT2D eigenvalue weighted by atomic mass is 9.83. The second-order valence-corrected chi connectivity index (χ2v) is 4.54. The fourth-order valence-corrected chi connectivity index (χ4v) is 1.58. The number of aliphatic hydroxyl groups excluding tert-OH is 1. The third-order valence-electron chi connectivity index (χ3n) is 2.52. The maximum absolute atomic E-state index is 8.99. The van der Waals surface area contributed by atoms with Gasteiger partial charge in [0.15, 0.2) is 6.29 Å². The van der Waals surface area contributed by atoms with E-state index in [1.807, 2.05) is 0 Å². The number of ether oxygens (including phenoxy) is 1. The van der Waals surface area contributed by atoms with Crippen LogP contribution in [0.15, 0.2) is 0 Å². The van der Waals surface area contributed by atoms with Crippen LogP contribution in [-0.2, 0) is 4.74 Å². The molecule has 2 heteroatoms. The van der Waals surface area contributed by atoms with Gasteiger partial charge in [0, 0.05) is 0 Å². The molecule has 1 aliphatic rings. The van der Waals surface area contributed by atoms with Crippen LogP contribution in [0, 0.1) is 5.41 Å². The van der Waals surface area contributed by atoms with E-state index in [2.05, 4.69) is 20.8 Å². The lowest BCUT2D eigenvalue weighted by Gasteiger charge is -2.22. The van der Waals surface area contributed by atoms with Crippen molar-refractivity contribution in [2.75, 3.05) is 0 Å². The number of hydrogen-bond donors (Lipinski definition) is 1. The van der Waals surface area contributed by atoms with Crippen LogP contribution in [0.5, 0.6) is 0 Å². The van der Waals surface area contributed by atoms with E-state index in [1.54, 1.807) is 0 Å². The number of aliphatic hydroxyl groups is 1. The highest BCUT2D eigenvalue weighted by atomic mass is 16.7. The van der Waals surface area contributed by atoms with Crippen molar-refractivity contribution >= 4 is 0 Å². The summed E-state index contributed by atoms with van der Waals surface area (Å²) in [6.45, 7) is 6.70. The van der Waals surface area contributed by atoms with E-state index in [0.717, 1.165) is 6.42 Å². The van der Waals surface area contributed by atoms with E-state index in [0.29, 0.717) is 5.41 Å². The molecule has 1 aliphatic heterocycles. The lowest BCUT2D eigenvalue weighted by Crippen LogP contribution is -2.15. The summed E-state index contributed by atoms with van der Waals surface area (Å²) in [6, 6.07) is 0. The molecular formula is C10H20O2. The fourth-order valence-electron chi connectivity index (χ4n) is 1.58. The third kappa shape index (κ3) is 3.11. The van der Waals surface area contributed by atoms with Gasteiger partial charge in [0.2, 0.25) is 0 Å². The Bertz CT molecular complexity index is 143. The van der Waals surface area contributed by atoms with Crippen LogP contribution in [0.2, 0.25) is 0 Å². The van der Waals surface area contributed by atoms with E-state index in [4.69, 9.17) is 9.84 Å². The zero-order valence-electron chi connectivity index (χ0n) is 8.34. The van der Waals surface area contributed by atoms with Crippen LogP contribution in [-0.4, -0.2) is 17.5 Å². The standard InChI is InChI=1S/C10H20O2/c1-4-5-6-10(2,3)7-8-9(11)12-8/h8-9,11H,4-7H2,1-3H3. The van der Waals surface area contributed by atoms with Crippen LogP contribution < -0.4 is 0 Å². The van der Waals surface area contributed by atoms with Gasteiger partial charge in [0.1, 0.15) is 6.10 Å². The first kappa shape index (κ1) is 10.0. The molecule has 2 atom stereocenters. The van der Waals surface area contributed by atoms with Crippen molar-refractivity contribution in [3.8, 4) is 0 Å². The molecule has 1 rings (SSSR count). The highest BCUT2D eigenvalue weighted by molar-refractivity contribution is 4.82. The normalized spacial score (nSPS) is 29.0. The molecule has 0 radical (unpaired) electrons. The minimum absolute atomic E-state index is 0.122. The molecule has 1 heterocycles. The maximum Gasteiger partial charge on any atom is 0.181 e. The summed E-state index contributed by atoms with van der Waals surface area (Å²) in [5.74, 6) is 0. The molecule has 72 valence electrons. The van der Waals surface area contributed by atoms with Gasteiger partial charge in [-0.15, -0.1) is 0 Å². The van der Waals surface area contributed by atoms with Crippen molar-refractivity contribution in [1.29, 1.82) is 0 Å². The van der Waals surface area contributed by atoms with Gasteiger partial charge in [-0.3, -0.25) is 0 Å². The molecule has 2 nitrogen and oxygen atoms in total. The Hall–Kier alpha value is -0.0800. The average Bonchev–Trinajstić information content (AvgIpc) is 2.61. The predicted molar refractivity (Wildman–Crippen MR) is 48.8 cm³/mol. The Morgan fingerprint density at radius 3 is 2.42 bits per heavy atom. The molecule has 0 amide bonds. The minimum atomic E-state index is -0.467. The molecular weight excluding hydrogens is 152 g/mol. The van der Waals surface area contributed by atoms with Crippen molar-refractivity contribution < 1.29 is 9.84 Å². The van der Waals surface area contributed by atoms with Gasteiger partial charge in [-0.05, 0) is 18.3 Å². The van der Waals surface area contributed by atoms with Crippen LogP contribution in [0.25, 0.3) is 0 Å². The van der Waals surface area contributed by atoms with Crippen LogP contribution in [0.4, 0.5) is 0 Å². The Balaban J connectivity index is 2.18. The van der Waals surface area contributed by atoms with E-state index < -0.39 is 6.29 Å². The van der Waals surface area contributed by atoms with E-state index in [-0.39, 0.29) is 6.10 Å². The minimum Gasteiger partial charge on any atom is -0.366 e. The molecule has 2 unspecified atom stereocenters. The Kier molecular flexibility index (Phi) is 3.13. The first-order valence-corrected chi connectivity index (χ1v) is 4.89. The molecule has 0 aromatic heterocycles. The van der Waals surface area contributed by atoms with Gasteiger partial charge < -0.3 is 9.84 Å². The first-order valence-electron chi connectivity index (χ1n) is 4.89. The summed E-state index contributed by atoms with van der Waals surface area (Å²) < 4.78 is 4.99. The topological polar surface area (TPSA) is 32.8 Å². The summed E-state index contributed by atoms with van der Waals surface area (Å²) in [4.78, 5) is 0. The monoisotopic (exact) mass is 172 g/mol. The SMILES string of the molecule is CCCCC(C)(C)CC1OC1O. The fraction of sp³-hybridized carbons (Fsp3) is 1.00. The van der Waals surface area contributed by atoms with Gasteiger partial charge in [0.05, 0.1) is 0 Å². The molecule has 0 spiro atoms. The highest BCUT2D eigenvalue weighted by Crippen LogP contribution is 2.36. The number of epoxide rings is 1. The summed E-state index contributed by atoms with van der Waals surface area (Å²) in [7, 11) is 0. The average molecular weight is 172 g/mol. The van der Waals surface area contributed by atoms with Gasteiger partial charge in [-0.1, -0.05) is 33.6 Å². The number of hydrogen-bond acceptors (Lipinski definition) is 2. The molecule has 0 bridgehead atoms. The van der Waals surface area contributed by atoms with E-state index in [9.17, 15) is 0 Å². The third-order valence-corrected chi connectivity index (χ3v) is 2.52. The first-order chi connectivity index (χ1) is 5.55. The summed E-state index contributed by atoms with van der Waals surface area (Å²) in [5, 5.41) is 8.99. The highest BCUT2D eigenvalue weighted by Gasteiger charge is 2.40. The van der Waals surface area contributed by atoms with Crippen LogP contribution >= 0.6 is 0 Å². The zero-order chi connectivity index (χ0) is 9.19. The summed E-state index contributed by atoms with van der Waals surface area (Å²) >= 11 is 0. The zero-order valence-corrected chi connectivity index (χ0v) is 8.34. The molecule has 0 aromatic rings. The van der Waals surface area contributed by atoms with Gasteiger partial charge in [-0.2, -0.15) is 0 Å².